The molecule has 1 atom stereocenters. The molecule has 136 valence electrons. The van der Waals surface area contributed by atoms with E-state index in [1.165, 1.54) is 19.0 Å². The lowest BCUT2D eigenvalue weighted by atomic mass is 10.0. The standard InChI is InChI=1S/C16H24N6O2S/c1-2-21-11-15(8-18-21)25(23,24)22-6-5-14(10-22)7-16-19-17-12-20(16)9-13-3-4-13/h8,11-14H,2-7,9-10H2,1H3. The van der Waals surface area contributed by atoms with E-state index in [2.05, 4.69) is 19.9 Å². The summed E-state index contributed by atoms with van der Waals surface area (Å²) < 4.78 is 30.9. The quantitative estimate of drug-likeness (QED) is 0.736. The average molecular weight is 364 g/mol. The van der Waals surface area contributed by atoms with Crippen LogP contribution in [0.2, 0.25) is 0 Å². The van der Waals surface area contributed by atoms with Crippen LogP contribution in [0.4, 0.5) is 0 Å². The molecule has 1 saturated heterocycles. The summed E-state index contributed by atoms with van der Waals surface area (Å²) in [5.74, 6) is 2.04. The Morgan fingerprint density at radius 3 is 2.80 bits per heavy atom. The molecule has 2 fully saturated rings. The maximum absolute atomic E-state index is 12.8. The summed E-state index contributed by atoms with van der Waals surface area (Å²) in [6.45, 7) is 4.69. The van der Waals surface area contributed by atoms with Crippen LogP contribution in [0, 0.1) is 11.8 Å². The van der Waals surface area contributed by atoms with E-state index < -0.39 is 10.0 Å². The minimum absolute atomic E-state index is 0.284. The lowest BCUT2D eigenvalue weighted by Gasteiger charge is -2.15. The summed E-state index contributed by atoms with van der Waals surface area (Å²) in [5, 5.41) is 12.4. The Bertz CT molecular complexity index is 838. The van der Waals surface area contributed by atoms with E-state index in [0.717, 1.165) is 31.1 Å². The van der Waals surface area contributed by atoms with Crippen LogP contribution >= 0.6 is 0 Å². The third kappa shape index (κ3) is 3.48. The number of aromatic nitrogens is 5. The van der Waals surface area contributed by atoms with Gasteiger partial charge in [-0.2, -0.15) is 9.40 Å². The number of rotatable bonds is 7. The lowest BCUT2D eigenvalue weighted by molar-refractivity contribution is 0.448. The van der Waals surface area contributed by atoms with Gasteiger partial charge in [-0.3, -0.25) is 4.68 Å². The molecule has 1 unspecified atom stereocenters. The normalized spacial score (nSPS) is 21.9. The maximum atomic E-state index is 12.8. The number of hydrogen-bond acceptors (Lipinski definition) is 5. The minimum atomic E-state index is -3.45. The predicted octanol–water partition coefficient (Wildman–Crippen LogP) is 1.16. The first-order valence-corrected chi connectivity index (χ1v) is 10.4. The van der Waals surface area contributed by atoms with Gasteiger partial charge in [0.25, 0.3) is 0 Å². The van der Waals surface area contributed by atoms with E-state index in [1.54, 1.807) is 21.5 Å². The van der Waals surface area contributed by atoms with Gasteiger partial charge in [0.05, 0.1) is 6.20 Å². The monoisotopic (exact) mass is 364 g/mol. The van der Waals surface area contributed by atoms with Gasteiger partial charge in [-0.25, -0.2) is 8.42 Å². The predicted molar refractivity (Wildman–Crippen MR) is 91.2 cm³/mol. The molecule has 0 N–H and O–H groups in total. The van der Waals surface area contributed by atoms with Crippen molar-refractivity contribution >= 4 is 10.0 Å². The van der Waals surface area contributed by atoms with E-state index in [9.17, 15) is 8.42 Å². The summed E-state index contributed by atoms with van der Waals surface area (Å²) in [5.41, 5.74) is 0. The summed E-state index contributed by atoms with van der Waals surface area (Å²) in [6.07, 6.45) is 9.07. The van der Waals surface area contributed by atoms with Crippen LogP contribution in [-0.2, 0) is 29.5 Å². The van der Waals surface area contributed by atoms with Gasteiger partial charge in [-0.1, -0.05) is 0 Å². The summed E-state index contributed by atoms with van der Waals surface area (Å²) in [6, 6.07) is 0. The van der Waals surface area contributed by atoms with Gasteiger partial charge >= 0.3 is 0 Å². The van der Waals surface area contributed by atoms with Crippen molar-refractivity contribution in [3.63, 3.8) is 0 Å². The van der Waals surface area contributed by atoms with E-state index in [4.69, 9.17) is 0 Å². The van der Waals surface area contributed by atoms with Crippen molar-refractivity contribution in [3.05, 3.63) is 24.5 Å². The lowest BCUT2D eigenvalue weighted by Crippen LogP contribution is -2.29. The Morgan fingerprint density at radius 2 is 2.08 bits per heavy atom. The fraction of sp³-hybridized carbons (Fsp3) is 0.688. The molecule has 0 amide bonds. The maximum Gasteiger partial charge on any atom is 0.246 e. The summed E-state index contributed by atoms with van der Waals surface area (Å²) in [7, 11) is -3.45. The number of nitrogens with zero attached hydrogens (tertiary/aromatic N) is 6. The highest BCUT2D eigenvalue weighted by Crippen LogP contribution is 2.31. The van der Waals surface area contributed by atoms with Crippen LogP contribution in [0.5, 0.6) is 0 Å². The third-order valence-corrected chi connectivity index (χ3v) is 6.96. The molecule has 2 aliphatic rings. The first kappa shape index (κ1) is 16.7. The highest BCUT2D eigenvalue weighted by atomic mass is 32.2. The Kier molecular flexibility index (Phi) is 4.36. The molecule has 4 rings (SSSR count). The minimum Gasteiger partial charge on any atom is -0.317 e. The van der Waals surface area contributed by atoms with Gasteiger partial charge in [0.2, 0.25) is 10.0 Å². The van der Waals surface area contributed by atoms with Crippen molar-refractivity contribution in [2.24, 2.45) is 11.8 Å². The molecule has 1 aliphatic carbocycles. The molecule has 0 spiro atoms. The fourth-order valence-corrected chi connectivity index (χ4v) is 4.89. The van der Waals surface area contributed by atoms with Gasteiger partial charge in [0.15, 0.2) is 0 Å². The Morgan fingerprint density at radius 1 is 1.24 bits per heavy atom. The van der Waals surface area contributed by atoms with Crippen molar-refractivity contribution in [1.82, 2.24) is 28.9 Å². The molecule has 0 bridgehead atoms. The van der Waals surface area contributed by atoms with E-state index >= 15 is 0 Å². The second kappa shape index (κ2) is 6.53. The topological polar surface area (TPSA) is 85.9 Å². The molecule has 2 aromatic heterocycles. The van der Waals surface area contributed by atoms with Gasteiger partial charge in [-0.15, -0.1) is 10.2 Å². The van der Waals surface area contributed by atoms with Crippen LogP contribution in [0.25, 0.3) is 0 Å². The average Bonchev–Trinajstić information content (AvgIpc) is 3.01. The zero-order valence-electron chi connectivity index (χ0n) is 14.5. The fourth-order valence-electron chi connectivity index (χ4n) is 3.41. The molecular weight excluding hydrogens is 340 g/mol. The van der Waals surface area contributed by atoms with Crippen molar-refractivity contribution in [2.75, 3.05) is 13.1 Å². The van der Waals surface area contributed by atoms with E-state index in [1.807, 2.05) is 6.92 Å². The second-order valence-corrected chi connectivity index (χ2v) is 9.03. The molecule has 25 heavy (non-hydrogen) atoms. The van der Waals surface area contributed by atoms with Crippen LogP contribution < -0.4 is 0 Å². The SMILES string of the molecule is CCn1cc(S(=O)(=O)N2CCC(Cc3nncn3CC3CC3)C2)cn1. The number of hydrogen-bond donors (Lipinski definition) is 0. The molecular formula is C16H24N6O2S. The smallest absolute Gasteiger partial charge is 0.246 e. The summed E-state index contributed by atoms with van der Waals surface area (Å²) in [4.78, 5) is 0.284. The van der Waals surface area contributed by atoms with E-state index in [-0.39, 0.29) is 10.8 Å². The van der Waals surface area contributed by atoms with Crippen LogP contribution in [-0.4, -0.2) is 50.4 Å². The molecule has 2 aromatic rings. The molecule has 0 radical (unpaired) electrons. The van der Waals surface area contributed by atoms with E-state index in [0.29, 0.717) is 19.6 Å². The highest BCUT2D eigenvalue weighted by Gasteiger charge is 2.34. The van der Waals surface area contributed by atoms with Crippen LogP contribution in [0.3, 0.4) is 0 Å². The summed E-state index contributed by atoms with van der Waals surface area (Å²) >= 11 is 0. The third-order valence-electron chi connectivity index (χ3n) is 5.14. The highest BCUT2D eigenvalue weighted by molar-refractivity contribution is 7.89. The Labute approximate surface area is 147 Å². The number of aryl methyl sites for hydroxylation is 1. The zero-order chi connectivity index (χ0) is 17.4. The molecule has 9 heteroatoms. The first-order chi connectivity index (χ1) is 12.1. The Hall–Kier alpha value is -1.74. The first-order valence-electron chi connectivity index (χ1n) is 8.95. The van der Waals surface area contributed by atoms with Gasteiger partial charge in [-0.05, 0) is 38.0 Å². The second-order valence-electron chi connectivity index (χ2n) is 7.10. The number of sulfonamides is 1. The van der Waals surface area contributed by atoms with Crippen LogP contribution in [0.15, 0.2) is 23.6 Å². The van der Waals surface area contributed by atoms with Gasteiger partial charge < -0.3 is 4.57 Å². The molecule has 3 heterocycles. The molecule has 8 nitrogen and oxygen atoms in total. The van der Waals surface area contributed by atoms with Crippen molar-refractivity contribution in [1.29, 1.82) is 0 Å². The molecule has 0 aromatic carbocycles. The molecule has 1 saturated carbocycles. The van der Waals surface area contributed by atoms with Crippen molar-refractivity contribution < 1.29 is 8.42 Å². The Balaban J connectivity index is 1.41. The largest absolute Gasteiger partial charge is 0.317 e. The molecule has 1 aliphatic heterocycles. The van der Waals surface area contributed by atoms with Crippen molar-refractivity contribution in [2.45, 2.75) is 50.6 Å². The van der Waals surface area contributed by atoms with Gasteiger partial charge in [0.1, 0.15) is 17.0 Å². The van der Waals surface area contributed by atoms with Crippen molar-refractivity contribution in [3.8, 4) is 0 Å². The van der Waals surface area contributed by atoms with Gasteiger partial charge in [0, 0.05) is 38.8 Å². The van der Waals surface area contributed by atoms with Crippen LogP contribution in [0.1, 0.15) is 32.0 Å². The zero-order valence-corrected chi connectivity index (χ0v) is 15.3.